The highest BCUT2D eigenvalue weighted by molar-refractivity contribution is 8.00. The molecular formula is C16H19N3O7S. The lowest BCUT2D eigenvalue weighted by Gasteiger charge is -2.23. The molecule has 1 heterocycles. The van der Waals surface area contributed by atoms with E-state index in [0.717, 1.165) is 17.8 Å². The number of hydrogen-bond donors (Lipinski definition) is 2. The summed E-state index contributed by atoms with van der Waals surface area (Å²) in [6.07, 6.45) is -0.0105. The van der Waals surface area contributed by atoms with Crippen molar-refractivity contribution < 1.29 is 29.2 Å². The van der Waals surface area contributed by atoms with Crippen LogP contribution in [0.1, 0.15) is 23.2 Å². The molecule has 11 heteroatoms. The van der Waals surface area contributed by atoms with Crippen molar-refractivity contribution in [1.82, 2.24) is 4.90 Å². The van der Waals surface area contributed by atoms with Crippen LogP contribution in [0.2, 0.25) is 0 Å². The molecule has 27 heavy (non-hydrogen) atoms. The van der Waals surface area contributed by atoms with Crippen LogP contribution in [0.15, 0.2) is 23.1 Å². The molecule has 2 unspecified atom stereocenters. The summed E-state index contributed by atoms with van der Waals surface area (Å²) in [5, 5.41) is 20.2. The fourth-order valence-corrected chi connectivity index (χ4v) is 3.79. The molecule has 0 aromatic heterocycles. The Labute approximate surface area is 158 Å². The van der Waals surface area contributed by atoms with E-state index in [1.807, 2.05) is 0 Å². The summed E-state index contributed by atoms with van der Waals surface area (Å²) in [5.41, 5.74) is 4.81. The molecule has 0 saturated carbocycles. The highest BCUT2D eigenvalue weighted by Crippen LogP contribution is 2.31. The quantitative estimate of drug-likeness (QED) is 0.372. The third-order valence-electron chi connectivity index (χ3n) is 4.23. The van der Waals surface area contributed by atoms with Crippen LogP contribution in [0.5, 0.6) is 0 Å². The minimum absolute atomic E-state index is 0.00128. The van der Waals surface area contributed by atoms with E-state index >= 15 is 0 Å². The number of nitro benzene ring substituents is 1. The number of ether oxygens (including phenoxy) is 1. The molecule has 2 rings (SSSR count). The van der Waals surface area contributed by atoms with E-state index in [1.165, 1.54) is 24.1 Å². The zero-order chi connectivity index (χ0) is 20.1. The van der Waals surface area contributed by atoms with E-state index in [2.05, 4.69) is 0 Å². The highest BCUT2D eigenvalue weighted by atomic mass is 32.2. The number of carboxylic acid groups (broad SMARTS) is 1. The third kappa shape index (κ3) is 5.17. The minimum atomic E-state index is -1.01. The van der Waals surface area contributed by atoms with Gasteiger partial charge in [0.15, 0.2) is 0 Å². The van der Waals surface area contributed by atoms with Crippen LogP contribution in [0.25, 0.3) is 0 Å². The first-order chi connectivity index (χ1) is 12.7. The lowest BCUT2D eigenvalue weighted by Crippen LogP contribution is -2.38. The molecule has 0 aliphatic carbocycles. The van der Waals surface area contributed by atoms with Gasteiger partial charge in [0, 0.05) is 31.3 Å². The van der Waals surface area contributed by atoms with Crippen molar-refractivity contribution >= 4 is 35.2 Å². The predicted molar refractivity (Wildman–Crippen MR) is 95.5 cm³/mol. The number of benzene rings is 1. The van der Waals surface area contributed by atoms with Crippen LogP contribution in [0.4, 0.5) is 5.69 Å². The average molecular weight is 397 g/mol. The Hall–Kier alpha value is -2.66. The van der Waals surface area contributed by atoms with Crippen molar-refractivity contribution in [3.05, 3.63) is 33.9 Å². The summed E-state index contributed by atoms with van der Waals surface area (Å²) in [6.45, 7) is 0.274. The van der Waals surface area contributed by atoms with E-state index in [0.29, 0.717) is 6.42 Å². The number of thioether (sulfide) groups is 1. The smallest absolute Gasteiger partial charge is 0.305 e. The van der Waals surface area contributed by atoms with Gasteiger partial charge in [0.2, 0.25) is 11.8 Å². The molecule has 1 aromatic carbocycles. The molecule has 2 atom stereocenters. The topological polar surface area (TPSA) is 153 Å². The Kier molecular flexibility index (Phi) is 6.75. The van der Waals surface area contributed by atoms with E-state index in [9.17, 15) is 24.5 Å². The van der Waals surface area contributed by atoms with Gasteiger partial charge in [0.1, 0.15) is 0 Å². The molecule has 1 aromatic rings. The molecule has 0 spiro atoms. The van der Waals surface area contributed by atoms with E-state index in [1.54, 1.807) is 0 Å². The summed E-state index contributed by atoms with van der Waals surface area (Å²) >= 11 is 0.947. The maximum Gasteiger partial charge on any atom is 0.305 e. The van der Waals surface area contributed by atoms with Crippen LogP contribution < -0.4 is 5.73 Å². The van der Waals surface area contributed by atoms with E-state index < -0.39 is 22.8 Å². The van der Waals surface area contributed by atoms with Gasteiger partial charge in [-0.1, -0.05) is 0 Å². The van der Waals surface area contributed by atoms with Crippen molar-refractivity contribution in [2.75, 3.05) is 19.4 Å². The van der Waals surface area contributed by atoms with Gasteiger partial charge in [0.05, 0.1) is 28.1 Å². The van der Waals surface area contributed by atoms with Crippen LogP contribution in [-0.2, 0) is 14.3 Å². The van der Waals surface area contributed by atoms with Crippen LogP contribution in [0, 0.1) is 10.1 Å². The monoisotopic (exact) mass is 397 g/mol. The first kappa shape index (κ1) is 20.6. The van der Waals surface area contributed by atoms with Crippen molar-refractivity contribution in [2.24, 2.45) is 5.73 Å². The number of rotatable bonds is 8. The first-order valence-corrected chi connectivity index (χ1v) is 8.96. The van der Waals surface area contributed by atoms with E-state index in [4.69, 9.17) is 15.6 Å². The van der Waals surface area contributed by atoms with Gasteiger partial charge in [-0.05, 0) is 18.6 Å². The van der Waals surface area contributed by atoms with Crippen LogP contribution in [-0.4, -0.2) is 64.3 Å². The largest absolute Gasteiger partial charge is 0.481 e. The summed E-state index contributed by atoms with van der Waals surface area (Å²) in [7, 11) is 1.49. The number of nitro groups is 1. The molecule has 146 valence electrons. The SMILES string of the molecule is COC1CC(CC(=O)O)N(C(=O)CSc2ccc(C(N)=O)cc2[N+](=O)[O-])C1. The summed E-state index contributed by atoms with van der Waals surface area (Å²) in [5.74, 6) is -2.24. The second kappa shape index (κ2) is 8.82. The standard InChI is InChI=1S/C16H19N3O7S/c1-26-11-5-10(6-15(21)22)18(7-11)14(20)8-27-13-3-2-9(16(17)23)4-12(13)19(24)25/h2-4,10-11H,5-8H2,1H3,(H2,17,23)(H,21,22). The molecule has 0 bridgehead atoms. The number of aliphatic carboxylic acids is 1. The number of carbonyl (C=O) groups excluding carboxylic acids is 2. The highest BCUT2D eigenvalue weighted by Gasteiger charge is 2.36. The zero-order valence-electron chi connectivity index (χ0n) is 14.5. The number of primary amides is 1. The maximum atomic E-state index is 12.5. The van der Waals surface area contributed by atoms with Gasteiger partial charge in [-0.15, -0.1) is 11.8 Å². The van der Waals surface area contributed by atoms with Crippen LogP contribution >= 0.6 is 11.8 Å². The molecule has 1 aliphatic rings. The number of methoxy groups -OCH3 is 1. The second-order valence-electron chi connectivity index (χ2n) is 5.98. The Bertz CT molecular complexity index is 770. The third-order valence-corrected chi connectivity index (χ3v) is 5.28. The fraction of sp³-hybridized carbons (Fsp3) is 0.438. The van der Waals surface area contributed by atoms with Gasteiger partial charge >= 0.3 is 5.97 Å². The van der Waals surface area contributed by atoms with Crippen molar-refractivity contribution in [1.29, 1.82) is 0 Å². The molecule has 0 radical (unpaired) electrons. The van der Waals surface area contributed by atoms with Crippen molar-refractivity contribution in [3.63, 3.8) is 0 Å². The van der Waals surface area contributed by atoms with Crippen molar-refractivity contribution in [3.8, 4) is 0 Å². The van der Waals surface area contributed by atoms with Crippen LogP contribution in [0.3, 0.4) is 0 Å². The number of nitrogens with two attached hydrogens (primary N) is 1. The van der Waals surface area contributed by atoms with Gasteiger partial charge in [-0.3, -0.25) is 24.5 Å². The van der Waals surface area contributed by atoms with Gasteiger partial charge in [-0.25, -0.2) is 0 Å². The Morgan fingerprint density at radius 3 is 2.70 bits per heavy atom. The van der Waals surface area contributed by atoms with Gasteiger partial charge < -0.3 is 20.5 Å². The number of hydrogen-bond acceptors (Lipinski definition) is 7. The lowest BCUT2D eigenvalue weighted by molar-refractivity contribution is -0.387. The lowest BCUT2D eigenvalue weighted by atomic mass is 10.1. The average Bonchev–Trinajstić information content (AvgIpc) is 3.01. The van der Waals surface area contributed by atoms with Crippen molar-refractivity contribution in [2.45, 2.75) is 29.9 Å². The van der Waals surface area contributed by atoms with Gasteiger partial charge in [-0.2, -0.15) is 0 Å². The minimum Gasteiger partial charge on any atom is -0.481 e. The number of nitrogens with zero attached hydrogens (tertiary/aromatic N) is 2. The summed E-state index contributed by atoms with van der Waals surface area (Å²) < 4.78 is 5.23. The van der Waals surface area contributed by atoms with E-state index in [-0.39, 0.29) is 46.9 Å². The predicted octanol–water partition coefficient (Wildman–Crippen LogP) is 0.876. The number of likely N-dealkylation sites (tertiary alicyclic amines) is 1. The molecular weight excluding hydrogens is 378 g/mol. The Morgan fingerprint density at radius 1 is 1.44 bits per heavy atom. The molecule has 1 saturated heterocycles. The second-order valence-corrected chi connectivity index (χ2v) is 7.00. The first-order valence-electron chi connectivity index (χ1n) is 7.98. The normalized spacial score (nSPS) is 19.1. The Morgan fingerprint density at radius 2 is 2.15 bits per heavy atom. The number of amides is 2. The van der Waals surface area contributed by atoms with Gasteiger partial charge in [0.25, 0.3) is 5.69 Å². The zero-order valence-corrected chi connectivity index (χ0v) is 15.3. The molecule has 1 fully saturated rings. The number of carboxylic acids is 1. The molecule has 10 nitrogen and oxygen atoms in total. The summed E-state index contributed by atoms with van der Waals surface area (Å²) in [4.78, 5) is 47.0. The molecule has 3 N–H and O–H groups in total. The summed E-state index contributed by atoms with van der Waals surface area (Å²) in [6, 6.07) is 3.31. The number of carbonyl (C=O) groups is 3. The molecule has 1 aliphatic heterocycles. The molecule has 2 amide bonds. The Balaban J connectivity index is 2.11. The fourth-order valence-electron chi connectivity index (χ4n) is 2.90. The maximum absolute atomic E-state index is 12.5.